The van der Waals surface area contributed by atoms with Gasteiger partial charge in [0.05, 0.1) is 10.6 Å². The molecule has 0 saturated carbocycles. The van der Waals surface area contributed by atoms with Gasteiger partial charge in [0, 0.05) is 11.7 Å². The zero-order valence-electron chi connectivity index (χ0n) is 9.27. The van der Waals surface area contributed by atoms with Crippen LogP contribution in [0.2, 0.25) is 5.02 Å². The lowest BCUT2D eigenvalue weighted by Crippen LogP contribution is -2.05. The fourth-order valence-corrected chi connectivity index (χ4v) is 2.53. The van der Waals surface area contributed by atoms with Gasteiger partial charge in [-0.1, -0.05) is 11.6 Å². The molecule has 0 radical (unpaired) electrons. The lowest BCUT2D eigenvalue weighted by Gasteiger charge is -2.14. The molecule has 0 aliphatic rings. The smallest absolute Gasteiger partial charge is 0.101 e. The lowest BCUT2D eigenvalue weighted by molar-refractivity contribution is 0.890. The molecule has 1 N–H and O–H groups in total. The molecule has 17 heavy (non-hydrogen) atoms. The van der Waals surface area contributed by atoms with Crippen molar-refractivity contribution in [2.75, 3.05) is 5.32 Å². The third kappa shape index (κ3) is 2.79. The summed E-state index contributed by atoms with van der Waals surface area (Å²) in [5.74, 6) is 0. The molecular formula is C13H11ClN2S. The standard InChI is InChI=1S/C13H11ClN2S/c1-9(11-4-5-17-8-11)16-12-3-2-10(7-15)13(14)6-12/h2-6,8-9,16H,1H3. The second-order valence-electron chi connectivity index (χ2n) is 3.73. The molecule has 0 saturated heterocycles. The van der Waals surface area contributed by atoms with Gasteiger partial charge in [0.15, 0.2) is 0 Å². The van der Waals surface area contributed by atoms with Gasteiger partial charge in [0.1, 0.15) is 6.07 Å². The van der Waals surface area contributed by atoms with E-state index >= 15 is 0 Å². The van der Waals surface area contributed by atoms with E-state index in [-0.39, 0.29) is 6.04 Å². The normalized spacial score (nSPS) is 11.8. The summed E-state index contributed by atoms with van der Waals surface area (Å²) in [4.78, 5) is 0. The summed E-state index contributed by atoms with van der Waals surface area (Å²) in [7, 11) is 0. The van der Waals surface area contributed by atoms with E-state index in [2.05, 4.69) is 29.1 Å². The van der Waals surface area contributed by atoms with Crippen molar-refractivity contribution in [3.05, 3.63) is 51.2 Å². The number of hydrogen-bond donors (Lipinski definition) is 1. The Morgan fingerprint density at radius 3 is 2.82 bits per heavy atom. The van der Waals surface area contributed by atoms with Crippen LogP contribution in [0.3, 0.4) is 0 Å². The van der Waals surface area contributed by atoms with E-state index in [4.69, 9.17) is 16.9 Å². The van der Waals surface area contributed by atoms with Crippen molar-refractivity contribution >= 4 is 28.6 Å². The van der Waals surface area contributed by atoms with E-state index in [0.29, 0.717) is 10.6 Å². The number of halogens is 1. The van der Waals surface area contributed by atoms with Gasteiger partial charge in [-0.15, -0.1) is 0 Å². The van der Waals surface area contributed by atoms with E-state index in [1.807, 2.05) is 12.1 Å². The molecule has 0 aliphatic heterocycles. The van der Waals surface area contributed by atoms with Gasteiger partial charge < -0.3 is 5.32 Å². The molecule has 2 rings (SSSR count). The van der Waals surface area contributed by atoms with Crippen molar-refractivity contribution in [2.24, 2.45) is 0 Å². The van der Waals surface area contributed by atoms with Crippen LogP contribution in [0.5, 0.6) is 0 Å². The fourth-order valence-electron chi connectivity index (χ4n) is 1.55. The number of benzene rings is 1. The highest BCUT2D eigenvalue weighted by Gasteiger charge is 2.07. The topological polar surface area (TPSA) is 35.8 Å². The molecule has 0 bridgehead atoms. The van der Waals surface area contributed by atoms with Crippen LogP contribution in [0.4, 0.5) is 5.69 Å². The Hall–Kier alpha value is -1.50. The van der Waals surface area contributed by atoms with E-state index in [9.17, 15) is 0 Å². The van der Waals surface area contributed by atoms with Crippen LogP contribution in [0.15, 0.2) is 35.0 Å². The summed E-state index contributed by atoms with van der Waals surface area (Å²) in [6.45, 7) is 2.09. The summed E-state index contributed by atoms with van der Waals surface area (Å²) in [6, 6.07) is 9.74. The molecule has 1 aromatic carbocycles. The quantitative estimate of drug-likeness (QED) is 0.887. The first kappa shape index (κ1) is 12.0. The number of rotatable bonds is 3. The predicted octanol–water partition coefficient (Wildman–Crippen LogP) is 4.45. The van der Waals surface area contributed by atoms with E-state index in [1.54, 1.807) is 23.5 Å². The van der Waals surface area contributed by atoms with Crippen molar-refractivity contribution in [3.8, 4) is 6.07 Å². The second-order valence-corrected chi connectivity index (χ2v) is 4.92. The van der Waals surface area contributed by atoms with Gasteiger partial charge in [-0.2, -0.15) is 16.6 Å². The minimum absolute atomic E-state index is 0.227. The molecule has 0 amide bonds. The highest BCUT2D eigenvalue weighted by atomic mass is 35.5. The van der Waals surface area contributed by atoms with Gasteiger partial charge in [0.2, 0.25) is 0 Å². The maximum atomic E-state index is 8.79. The van der Waals surface area contributed by atoms with Crippen molar-refractivity contribution in [1.82, 2.24) is 0 Å². The molecule has 2 aromatic rings. The zero-order chi connectivity index (χ0) is 12.3. The molecule has 0 fully saturated rings. The van der Waals surface area contributed by atoms with E-state index < -0.39 is 0 Å². The van der Waals surface area contributed by atoms with Gasteiger partial charge in [-0.3, -0.25) is 0 Å². The van der Waals surface area contributed by atoms with Crippen molar-refractivity contribution in [3.63, 3.8) is 0 Å². The average molecular weight is 263 g/mol. The maximum Gasteiger partial charge on any atom is 0.101 e. The zero-order valence-corrected chi connectivity index (χ0v) is 10.8. The van der Waals surface area contributed by atoms with Crippen LogP contribution in [0.25, 0.3) is 0 Å². The molecule has 0 spiro atoms. The van der Waals surface area contributed by atoms with E-state index in [0.717, 1.165) is 5.69 Å². The monoisotopic (exact) mass is 262 g/mol. The van der Waals surface area contributed by atoms with Crippen molar-refractivity contribution in [2.45, 2.75) is 13.0 Å². The first-order chi connectivity index (χ1) is 8.20. The third-order valence-corrected chi connectivity index (χ3v) is 3.53. The Balaban J connectivity index is 2.15. The minimum Gasteiger partial charge on any atom is -0.378 e. The Labute approximate surface area is 109 Å². The summed E-state index contributed by atoms with van der Waals surface area (Å²) in [5, 5.41) is 16.8. The molecule has 1 heterocycles. The third-order valence-electron chi connectivity index (χ3n) is 2.52. The van der Waals surface area contributed by atoms with Crippen LogP contribution >= 0.6 is 22.9 Å². The molecule has 1 unspecified atom stereocenters. The van der Waals surface area contributed by atoms with Crippen LogP contribution < -0.4 is 5.32 Å². The molecule has 1 atom stereocenters. The molecular weight excluding hydrogens is 252 g/mol. The molecule has 4 heteroatoms. The highest BCUT2D eigenvalue weighted by Crippen LogP contribution is 2.25. The molecule has 1 aromatic heterocycles. The van der Waals surface area contributed by atoms with Gasteiger partial charge in [-0.25, -0.2) is 0 Å². The lowest BCUT2D eigenvalue weighted by atomic mass is 10.1. The first-order valence-electron chi connectivity index (χ1n) is 5.19. The maximum absolute atomic E-state index is 8.79. The van der Waals surface area contributed by atoms with Gasteiger partial charge >= 0.3 is 0 Å². The van der Waals surface area contributed by atoms with Crippen molar-refractivity contribution in [1.29, 1.82) is 5.26 Å². The Kier molecular flexibility index (Phi) is 3.68. The fraction of sp³-hybridized carbons (Fsp3) is 0.154. The summed E-state index contributed by atoms with van der Waals surface area (Å²) in [6.07, 6.45) is 0. The number of nitriles is 1. The second kappa shape index (κ2) is 5.22. The summed E-state index contributed by atoms with van der Waals surface area (Å²) >= 11 is 7.66. The van der Waals surface area contributed by atoms with Gasteiger partial charge in [0.25, 0.3) is 0 Å². The van der Waals surface area contributed by atoms with Crippen LogP contribution in [-0.2, 0) is 0 Å². The summed E-state index contributed by atoms with van der Waals surface area (Å²) < 4.78 is 0. The number of nitrogens with one attached hydrogen (secondary N) is 1. The molecule has 0 aliphatic carbocycles. The first-order valence-corrected chi connectivity index (χ1v) is 6.51. The average Bonchev–Trinajstić information content (AvgIpc) is 2.82. The largest absolute Gasteiger partial charge is 0.378 e. The number of hydrogen-bond acceptors (Lipinski definition) is 3. The molecule has 86 valence electrons. The Morgan fingerprint density at radius 1 is 1.41 bits per heavy atom. The van der Waals surface area contributed by atoms with Gasteiger partial charge in [-0.05, 0) is 47.5 Å². The van der Waals surface area contributed by atoms with E-state index in [1.165, 1.54) is 5.56 Å². The van der Waals surface area contributed by atoms with Crippen LogP contribution in [0.1, 0.15) is 24.1 Å². The van der Waals surface area contributed by atoms with Crippen LogP contribution in [-0.4, -0.2) is 0 Å². The predicted molar refractivity (Wildman–Crippen MR) is 72.5 cm³/mol. The SMILES string of the molecule is CC(Nc1ccc(C#N)c(Cl)c1)c1ccsc1. The number of thiophene rings is 1. The van der Waals surface area contributed by atoms with Crippen molar-refractivity contribution < 1.29 is 0 Å². The Morgan fingerprint density at radius 2 is 2.24 bits per heavy atom. The van der Waals surface area contributed by atoms with Crippen LogP contribution in [0, 0.1) is 11.3 Å². The number of anilines is 1. The highest BCUT2D eigenvalue weighted by molar-refractivity contribution is 7.07. The number of nitrogens with zero attached hydrogens (tertiary/aromatic N) is 1. The molecule has 2 nitrogen and oxygen atoms in total. The minimum atomic E-state index is 0.227. The summed E-state index contributed by atoms with van der Waals surface area (Å²) in [5.41, 5.74) is 2.67. The Bertz CT molecular complexity index is 543.